The van der Waals surface area contributed by atoms with Gasteiger partial charge in [0.15, 0.2) is 0 Å². The normalized spacial score (nSPS) is 18.8. The van der Waals surface area contributed by atoms with Crippen LogP contribution in [-0.2, 0) is 4.79 Å². The molecule has 1 N–H and O–H groups in total. The number of nitrogens with zero attached hydrogens (tertiary/aromatic N) is 2. The number of carbonyl (C=O) groups is 2. The number of hydrogen-bond acceptors (Lipinski definition) is 5. The molecule has 0 aromatic heterocycles. The first-order valence-corrected chi connectivity index (χ1v) is 11.4. The van der Waals surface area contributed by atoms with E-state index in [1.807, 2.05) is 12.1 Å². The lowest BCUT2D eigenvalue weighted by atomic mass is 9.91. The topological polar surface area (TPSA) is 102 Å². The summed E-state index contributed by atoms with van der Waals surface area (Å²) in [6.45, 7) is 5.38. The van der Waals surface area contributed by atoms with E-state index in [0.717, 1.165) is 6.42 Å². The van der Waals surface area contributed by atoms with Gasteiger partial charge in [-0.3, -0.25) is 19.7 Å². The maximum atomic E-state index is 13.6. The van der Waals surface area contributed by atoms with E-state index in [1.54, 1.807) is 17.0 Å². The van der Waals surface area contributed by atoms with Crippen LogP contribution in [0.1, 0.15) is 36.2 Å². The average Bonchev–Trinajstić information content (AvgIpc) is 2.80. The highest BCUT2D eigenvalue weighted by molar-refractivity contribution is 9.15. The number of benzene rings is 2. The molecule has 2 atom stereocenters. The van der Waals surface area contributed by atoms with Gasteiger partial charge in [0.05, 0.1) is 16.5 Å². The zero-order chi connectivity index (χ0) is 24.1. The molecular formula is C24H26BrN3O5. The molecule has 1 aliphatic rings. The molecule has 174 valence electrons. The van der Waals surface area contributed by atoms with Crippen LogP contribution in [0.2, 0.25) is 0 Å². The fourth-order valence-electron chi connectivity index (χ4n) is 4.07. The van der Waals surface area contributed by atoms with Crippen molar-refractivity contribution in [3.63, 3.8) is 0 Å². The molecule has 2 amide bonds. The fraction of sp³-hybridized carbons (Fsp3) is 0.333. The molecule has 0 saturated carbocycles. The van der Waals surface area contributed by atoms with E-state index >= 15 is 0 Å². The molecule has 3 rings (SSSR count). The van der Waals surface area contributed by atoms with E-state index in [-0.39, 0.29) is 22.9 Å². The summed E-state index contributed by atoms with van der Waals surface area (Å²) >= 11 is 3.52. The maximum absolute atomic E-state index is 13.6. The third kappa shape index (κ3) is 5.78. The van der Waals surface area contributed by atoms with Crippen LogP contribution < -0.4 is 10.1 Å². The Morgan fingerprint density at radius 3 is 2.27 bits per heavy atom. The SMILES string of the molecule is COc1ccccc1C(Br)=C(NC(=O)c1ccc([N+](=O)[O-])cc1)C(=O)N1CC(C)CC(C)C1. The Hall–Kier alpha value is -3.20. The van der Waals surface area contributed by atoms with Crippen LogP contribution in [0, 0.1) is 22.0 Å². The van der Waals surface area contributed by atoms with Crippen molar-refractivity contribution in [2.24, 2.45) is 11.8 Å². The Morgan fingerprint density at radius 2 is 1.70 bits per heavy atom. The molecular weight excluding hydrogens is 490 g/mol. The standard InChI is InChI=1S/C24H26BrN3O5/c1-15-12-16(2)14-27(13-15)24(30)22(21(25)19-6-4-5-7-20(19)33-3)26-23(29)17-8-10-18(11-9-17)28(31)32/h4-11,15-16H,12-14H2,1-3H3,(H,26,29). The highest BCUT2D eigenvalue weighted by Crippen LogP contribution is 2.33. The summed E-state index contributed by atoms with van der Waals surface area (Å²) < 4.78 is 5.83. The molecule has 0 bridgehead atoms. The summed E-state index contributed by atoms with van der Waals surface area (Å²) in [5, 5.41) is 13.6. The van der Waals surface area contributed by atoms with Crippen molar-refractivity contribution in [3.8, 4) is 5.75 Å². The van der Waals surface area contributed by atoms with Gasteiger partial charge in [-0.1, -0.05) is 32.0 Å². The van der Waals surface area contributed by atoms with Crippen LogP contribution in [0.4, 0.5) is 5.69 Å². The first-order chi connectivity index (χ1) is 15.7. The summed E-state index contributed by atoms with van der Waals surface area (Å²) in [4.78, 5) is 38.7. The number of likely N-dealkylation sites (tertiary alicyclic amines) is 1. The number of halogens is 1. The van der Waals surface area contributed by atoms with E-state index in [2.05, 4.69) is 35.1 Å². The highest BCUT2D eigenvalue weighted by atomic mass is 79.9. The molecule has 8 nitrogen and oxygen atoms in total. The number of methoxy groups -OCH3 is 1. The highest BCUT2D eigenvalue weighted by Gasteiger charge is 2.30. The van der Waals surface area contributed by atoms with Crippen LogP contribution >= 0.6 is 15.9 Å². The molecule has 0 radical (unpaired) electrons. The van der Waals surface area contributed by atoms with E-state index in [9.17, 15) is 19.7 Å². The van der Waals surface area contributed by atoms with Gasteiger partial charge in [0.2, 0.25) is 0 Å². The van der Waals surface area contributed by atoms with Crippen LogP contribution in [0.25, 0.3) is 4.48 Å². The summed E-state index contributed by atoms with van der Waals surface area (Å²) in [5.74, 6) is 0.378. The molecule has 2 aromatic rings. The third-order valence-electron chi connectivity index (χ3n) is 5.51. The minimum atomic E-state index is -0.543. The van der Waals surface area contributed by atoms with Gasteiger partial charge in [-0.25, -0.2) is 0 Å². The molecule has 1 saturated heterocycles. The predicted molar refractivity (Wildman–Crippen MR) is 129 cm³/mol. The van der Waals surface area contributed by atoms with Gasteiger partial charge in [0, 0.05) is 36.3 Å². The molecule has 1 heterocycles. The van der Waals surface area contributed by atoms with Crippen molar-refractivity contribution in [1.82, 2.24) is 10.2 Å². The fourth-order valence-corrected chi connectivity index (χ4v) is 4.67. The molecule has 2 aromatic carbocycles. The predicted octanol–water partition coefficient (Wildman–Crippen LogP) is 4.60. The Balaban J connectivity index is 2.00. The number of piperidine rings is 1. The second-order valence-electron chi connectivity index (χ2n) is 8.30. The number of amides is 2. The van der Waals surface area contributed by atoms with Gasteiger partial charge in [-0.05, 0) is 52.4 Å². The zero-order valence-electron chi connectivity index (χ0n) is 18.7. The number of non-ortho nitro benzene ring substituents is 1. The lowest BCUT2D eigenvalue weighted by Crippen LogP contribution is -2.46. The number of rotatable bonds is 6. The number of hydrogen-bond donors (Lipinski definition) is 1. The minimum absolute atomic E-state index is 0.0872. The number of ether oxygens (including phenoxy) is 1. The van der Waals surface area contributed by atoms with Crippen molar-refractivity contribution in [2.75, 3.05) is 20.2 Å². The first kappa shape index (κ1) is 24.4. The van der Waals surface area contributed by atoms with E-state index in [1.165, 1.54) is 31.4 Å². The van der Waals surface area contributed by atoms with Crippen molar-refractivity contribution >= 4 is 37.9 Å². The number of nitro groups is 1. The number of carbonyl (C=O) groups excluding carboxylic acids is 2. The third-order valence-corrected chi connectivity index (χ3v) is 6.34. The largest absolute Gasteiger partial charge is 0.496 e. The lowest BCUT2D eigenvalue weighted by molar-refractivity contribution is -0.384. The van der Waals surface area contributed by atoms with Crippen LogP contribution in [0.5, 0.6) is 5.75 Å². The van der Waals surface area contributed by atoms with Gasteiger partial charge in [0.25, 0.3) is 17.5 Å². The minimum Gasteiger partial charge on any atom is -0.496 e. The number of para-hydroxylation sites is 1. The Bertz CT molecular complexity index is 1070. The Kier molecular flexibility index (Phi) is 7.86. The number of nitrogens with one attached hydrogen (secondary N) is 1. The summed E-state index contributed by atoms with van der Waals surface area (Å²) in [7, 11) is 1.53. The van der Waals surface area contributed by atoms with Crippen molar-refractivity contribution in [1.29, 1.82) is 0 Å². The van der Waals surface area contributed by atoms with Gasteiger partial charge in [0.1, 0.15) is 11.4 Å². The molecule has 33 heavy (non-hydrogen) atoms. The molecule has 0 spiro atoms. The van der Waals surface area contributed by atoms with Crippen LogP contribution in [-0.4, -0.2) is 41.8 Å². The summed E-state index contributed by atoms with van der Waals surface area (Å²) in [6, 6.07) is 12.4. The van der Waals surface area contributed by atoms with Gasteiger partial charge >= 0.3 is 0 Å². The van der Waals surface area contributed by atoms with Gasteiger partial charge in [-0.2, -0.15) is 0 Å². The first-order valence-electron chi connectivity index (χ1n) is 10.6. The van der Waals surface area contributed by atoms with E-state index in [0.29, 0.717) is 40.7 Å². The smallest absolute Gasteiger partial charge is 0.271 e. The molecule has 1 fully saturated rings. The lowest BCUT2D eigenvalue weighted by Gasteiger charge is -2.35. The Morgan fingerprint density at radius 1 is 1.09 bits per heavy atom. The monoisotopic (exact) mass is 515 g/mol. The number of nitro benzene ring substituents is 1. The maximum Gasteiger partial charge on any atom is 0.271 e. The van der Waals surface area contributed by atoms with Crippen LogP contribution in [0.3, 0.4) is 0 Å². The Labute approximate surface area is 200 Å². The summed E-state index contributed by atoms with van der Waals surface area (Å²) in [6.07, 6.45) is 1.03. The van der Waals surface area contributed by atoms with E-state index < -0.39 is 10.8 Å². The van der Waals surface area contributed by atoms with Crippen molar-refractivity contribution in [3.05, 3.63) is 75.5 Å². The van der Waals surface area contributed by atoms with E-state index in [4.69, 9.17) is 4.74 Å². The molecule has 1 aliphatic heterocycles. The van der Waals surface area contributed by atoms with Crippen molar-refractivity contribution < 1.29 is 19.2 Å². The van der Waals surface area contributed by atoms with Gasteiger partial charge < -0.3 is 15.0 Å². The molecule has 9 heteroatoms. The quantitative estimate of drug-likeness (QED) is 0.344. The zero-order valence-corrected chi connectivity index (χ0v) is 20.3. The van der Waals surface area contributed by atoms with Crippen molar-refractivity contribution in [2.45, 2.75) is 20.3 Å². The van der Waals surface area contributed by atoms with Gasteiger partial charge in [-0.15, -0.1) is 0 Å². The molecule has 2 unspecified atom stereocenters. The van der Waals surface area contributed by atoms with Crippen LogP contribution in [0.15, 0.2) is 54.2 Å². The second kappa shape index (κ2) is 10.6. The second-order valence-corrected chi connectivity index (χ2v) is 9.10. The summed E-state index contributed by atoms with van der Waals surface area (Å²) in [5.41, 5.74) is 0.783. The molecule has 0 aliphatic carbocycles. The average molecular weight is 516 g/mol.